The van der Waals surface area contributed by atoms with E-state index in [-0.39, 0.29) is 17.2 Å². The zero-order chi connectivity index (χ0) is 29.4. The number of likely N-dealkylation sites (tertiary alicyclic amines) is 1. The van der Waals surface area contributed by atoms with E-state index < -0.39 is 0 Å². The van der Waals surface area contributed by atoms with Gasteiger partial charge < -0.3 is 20.5 Å². The second-order valence-corrected chi connectivity index (χ2v) is 13.6. The summed E-state index contributed by atoms with van der Waals surface area (Å²) in [4.78, 5) is 36.1. The van der Waals surface area contributed by atoms with Gasteiger partial charge in [-0.1, -0.05) is 71.6 Å². The Morgan fingerprint density at radius 3 is 2.40 bits per heavy atom. The third kappa shape index (κ3) is 7.64. The van der Waals surface area contributed by atoms with E-state index in [0.29, 0.717) is 23.9 Å². The number of hydrogen-bond donors (Lipinski definition) is 3. The number of nitrogens with one attached hydrogen (secondary N) is 3. The predicted molar refractivity (Wildman–Crippen MR) is 169 cm³/mol. The molecular formula is C35H53N5O2. The first kappa shape index (κ1) is 30.8. The topological polar surface area (TPSA) is 90.1 Å². The van der Waals surface area contributed by atoms with Gasteiger partial charge in [-0.05, 0) is 67.7 Å². The summed E-state index contributed by atoms with van der Waals surface area (Å²) in [6.07, 6.45) is 18.8. The van der Waals surface area contributed by atoms with Crippen molar-refractivity contribution in [3.05, 3.63) is 52.6 Å². The lowest BCUT2D eigenvalue weighted by Gasteiger charge is -2.38. The van der Waals surface area contributed by atoms with E-state index in [2.05, 4.69) is 40.5 Å². The Bertz CT molecular complexity index is 1150. The number of carbonyl (C=O) groups excluding carboxylic acids is 2. The second kappa shape index (κ2) is 14.7. The molecule has 1 aliphatic carbocycles. The number of piperidine rings is 1. The van der Waals surface area contributed by atoms with Crippen LogP contribution in [0.5, 0.6) is 0 Å². The smallest absolute Gasteiger partial charge is 0.267 e. The number of fused-ring (bicyclic) bond motifs is 2. The molecule has 7 nitrogen and oxygen atoms in total. The maximum atomic E-state index is 13.1. The number of H-pyrrole nitrogens is 1. The van der Waals surface area contributed by atoms with Crippen LogP contribution in [0.4, 0.5) is 0 Å². The van der Waals surface area contributed by atoms with Gasteiger partial charge in [-0.15, -0.1) is 0 Å². The summed E-state index contributed by atoms with van der Waals surface area (Å²) in [6, 6.07) is 5.99. The fraction of sp³-hybridized carbons (Fsp3) is 0.686. The average Bonchev–Trinajstić information content (AvgIpc) is 3.46. The van der Waals surface area contributed by atoms with Gasteiger partial charge in [0.05, 0.1) is 5.56 Å². The van der Waals surface area contributed by atoms with Crippen molar-refractivity contribution in [3.63, 3.8) is 0 Å². The van der Waals surface area contributed by atoms with E-state index in [1.807, 2.05) is 17.0 Å². The van der Waals surface area contributed by atoms with Crippen LogP contribution in [0.15, 0.2) is 24.4 Å². The van der Waals surface area contributed by atoms with Crippen LogP contribution in [0.25, 0.3) is 0 Å². The third-order valence-corrected chi connectivity index (χ3v) is 10.1. The van der Waals surface area contributed by atoms with E-state index in [0.717, 1.165) is 69.7 Å². The lowest BCUT2D eigenvalue weighted by atomic mass is 9.72. The first-order chi connectivity index (χ1) is 20.4. The molecule has 1 saturated carbocycles. The van der Waals surface area contributed by atoms with Crippen LogP contribution in [-0.4, -0.2) is 52.9 Å². The normalized spacial score (nSPS) is 19.9. The molecule has 0 aromatic carbocycles. The molecule has 3 aliphatic rings. The molecule has 42 heavy (non-hydrogen) atoms. The van der Waals surface area contributed by atoms with Crippen molar-refractivity contribution in [2.75, 3.05) is 26.2 Å². The zero-order valence-corrected chi connectivity index (χ0v) is 26.1. The first-order valence-electron chi connectivity index (χ1n) is 16.9. The van der Waals surface area contributed by atoms with Gasteiger partial charge in [-0.2, -0.15) is 0 Å². The molecule has 2 aliphatic heterocycles. The minimum atomic E-state index is 0.0298. The van der Waals surface area contributed by atoms with Crippen molar-refractivity contribution in [1.29, 1.82) is 0 Å². The quantitative estimate of drug-likeness (QED) is 0.300. The molecule has 2 fully saturated rings. The number of rotatable bonds is 8. The Kier molecular flexibility index (Phi) is 10.8. The van der Waals surface area contributed by atoms with Crippen LogP contribution in [-0.2, 0) is 12.0 Å². The number of aromatic amines is 1. The average molecular weight is 576 g/mol. The lowest BCUT2D eigenvalue weighted by Crippen LogP contribution is -2.43. The highest BCUT2D eigenvalue weighted by molar-refractivity contribution is 5.94. The van der Waals surface area contributed by atoms with Gasteiger partial charge in [0, 0.05) is 55.7 Å². The molecule has 2 amide bonds. The molecule has 1 spiro atoms. The molecular weight excluding hydrogens is 522 g/mol. The van der Waals surface area contributed by atoms with Crippen LogP contribution in [0.1, 0.15) is 147 Å². The summed E-state index contributed by atoms with van der Waals surface area (Å²) < 4.78 is 0. The largest absolute Gasteiger partial charge is 0.354 e. The highest BCUT2D eigenvalue weighted by atomic mass is 16.2. The Morgan fingerprint density at radius 2 is 1.74 bits per heavy atom. The Labute approximate surface area is 253 Å². The number of aromatic nitrogens is 2. The number of carbonyl (C=O) groups is 2. The summed E-state index contributed by atoms with van der Waals surface area (Å²) in [7, 11) is 0. The molecule has 0 bridgehead atoms. The van der Waals surface area contributed by atoms with Gasteiger partial charge in [-0.25, -0.2) is 0 Å². The first-order valence-corrected chi connectivity index (χ1v) is 16.9. The highest BCUT2D eigenvalue weighted by Crippen LogP contribution is 2.40. The molecule has 7 heteroatoms. The van der Waals surface area contributed by atoms with Crippen LogP contribution < -0.4 is 10.6 Å². The molecule has 5 rings (SSSR count). The molecule has 2 aromatic heterocycles. The van der Waals surface area contributed by atoms with Gasteiger partial charge in [0.1, 0.15) is 5.69 Å². The number of pyridine rings is 1. The maximum Gasteiger partial charge on any atom is 0.267 e. The maximum absolute atomic E-state index is 13.1. The van der Waals surface area contributed by atoms with E-state index >= 15 is 0 Å². The summed E-state index contributed by atoms with van der Waals surface area (Å²) in [6.45, 7) is 8.46. The fourth-order valence-corrected chi connectivity index (χ4v) is 7.46. The minimum Gasteiger partial charge on any atom is -0.354 e. The zero-order valence-electron chi connectivity index (χ0n) is 26.1. The van der Waals surface area contributed by atoms with Gasteiger partial charge in [-0.3, -0.25) is 14.6 Å². The summed E-state index contributed by atoms with van der Waals surface area (Å²) >= 11 is 0. The molecule has 3 N–H and O–H groups in total. The molecule has 0 unspecified atom stereocenters. The van der Waals surface area contributed by atoms with Crippen LogP contribution in [0.2, 0.25) is 0 Å². The van der Waals surface area contributed by atoms with Crippen molar-refractivity contribution >= 4 is 11.8 Å². The summed E-state index contributed by atoms with van der Waals surface area (Å²) in [5.41, 5.74) is 5.22. The molecule has 4 heterocycles. The van der Waals surface area contributed by atoms with E-state index in [1.54, 1.807) is 6.20 Å². The minimum absolute atomic E-state index is 0.0298. The molecule has 2 aromatic rings. The van der Waals surface area contributed by atoms with Crippen LogP contribution in [0.3, 0.4) is 0 Å². The van der Waals surface area contributed by atoms with Gasteiger partial charge in [0.15, 0.2) is 0 Å². The highest BCUT2D eigenvalue weighted by Gasteiger charge is 2.38. The van der Waals surface area contributed by atoms with Gasteiger partial charge in [0.2, 0.25) is 0 Å². The number of unbranched alkanes of at least 4 members (excludes halogenated alkanes) is 1. The SMILES string of the molecule is CC(C)c1ccc(C(=O)N2CCC(CCCCNC(=O)c3cc4c([nH]3)C3(CCCCCCCCC3)CNC4)CC2)cn1. The van der Waals surface area contributed by atoms with Crippen molar-refractivity contribution in [2.24, 2.45) is 5.92 Å². The number of nitrogens with zero attached hydrogens (tertiary/aromatic N) is 2. The predicted octanol–water partition coefficient (Wildman–Crippen LogP) is 6.85. The van der Waals surface area contributed by atoms with Crippen LogP contribution >= 0.6 is 0 Å². The van der Waals surface area contributed by atoms with Crippen molar-refractivity contribution in [3.8, 4) is 0 Å². The number of amides is 2. The fourth-order valence-electron chi connectivity index (χ4n) is 7.46. The van der Waals surface area contributed by atoms with Crippen molar-refractivity contribution in [2.45, 2.75) is 122 Å². The van der Waals surface area contributed by atoms with Crippen LogP contribution in [0, 0.1) is 5.92 Å². The monoisotopic (exact) mass is 575 g/mol. The molecule has 0 radical (unpaired) electrons. The van der Waals surface area contributed by atoms with Gasteiger partial charge >= 0.3 is 0 Å². The Morgan fingerprint density at radius 1 is 1.02 bits per heavy atom. The standard InChI is InChI=1S/C35H53N5O2/c1-26(2)30-14-13-28(24-38-30)34(42)40-20-15-27(16-21-40)12-8-11-19-37-33(41)31-22-29-23-36-25-35(32(29)39-31)17-9-6-4-3-5-7-10-18-35/h13-14,22,24,26-27,36,39H,3-12,15-21,23,25H2,1-2H3,(H,37,41). The molecule has 1 saturated heterocycles. The van der Waals surface area contributed by atoms with Crippen molar-refractivity contribution in [1.82, 2.24) is 25.5 Å². The number of hydrogen-bond acceptors (Lipinski definition) is 4. The van der Waals surface area contributed by atoms with Gasteiger partial charge in [0.25, 0.3) is 11.8 Å². The molecule has 230 valence electrons. The Hall–Kier alpha value is -2.67. The Balaban J connectivity index is 1.03. The van der Waals surface area contributed by atoms with Crippen molar-refractivity contribution < 1.29 is 9.59 Å². The summed E-state index contributed by atoms with van der Waals surface area (Å²) in [5, 5.41) is 6.85. The lowest BCUT2D eigenvalue weighted by molar-refractivity contribution is 0.0685. The third-order valence-electron chi connectivity index (χ3n) is 10.1. The van der Waals surface area contributed by atoms with E-state index in [9.17, 15) is 9.59 Å². The summed E-state index contributed by atoms with van der Waals surface area (Å²) in [5.74, 6) is 1.16. The van der Waals surface area contributed by atoms with E-state index in [4.69, 9.17) is 0 Å². The van der Waals surface area contributed by atoms with E-state index in [1.165, 1.54) is 69.0 Å². The second-order valence-electron chi connectivity index (χ2n) is 13.6. The molecule has 0 atom stereocenters.